The summed E-state index contributed by atoms with van der Waals surface area (Å²) < 4.78 is 14.6. The van der Waals surface area contributed by atoms with Gasteiger partial charge in [-0.05, 0) is 55.3 Å². The lowest BCUT2D eigenvalue weighted by molar-refractivity contribution is -0.136. The highest BCUT2D eigenvalue weighted by Gasteiger charge is 2.31. The van der Waals surface area contributed by atoms with Gasteiger partial charge in [-0.3, -0.25) is 9.48 Å². The van der Waals surface area contributed by atoms with Crippen LogP contribution in [0, 0.1) is 19.3 Å². The molecule has 0 saturated heterocycles. The third kappa shape index (κ3) is 4.33. The largest absolute Gasteiger partial charge is 0.380 e. The molecule has 1 N–H and O–H groups in total. The maximum Gasteiger partial charge on any atom is 0.190 e. The molecule has 0 aliphatic heterocycles. The molecule has 1 heterocycles. The highest BCUT2D eigenvalue weighted by Crippen LogP contribution is 2.22. The van der Waals surface area contributed by atoms with Crippen molar-refractivity contribution in [1.82, 2.24) is 9.78 Å². The molecule has 28 heavy (non-hydrogen) atoms. The first-order chi connectivity index (χ1) is 13.3. The molecule has 0 amide bonds. The summed E-state index contributed by atoms with van der Waals surface area (Å²) in [5, 5.41) is 15.0. The Bertz CT molecular complexity index is 1050. The van der Waals surface area contributed by atoms with Crippen LogP contribution in [0.3, 0.4) is 0 Å². The number of aromatic nitrogens is 2. The number of hydrogen-bond donors (Lipinski definition) is 1. The van der Waals surface area contributed by atoms with Crippen molar-refractivity contribution in [2.45, 2.75) is 32.4 Å². The van der Waals surface area contributed by atoms with Crippen LogP contribution in [0.2, 0.25) is 0 Å². The van der Waals surface area contributed by atoms with E-state index in [0.29, 0.717) is 11.4 Å². The summed E-state index contributed by atoms with van der Waals surface area (Å²) in [6.45, 7) is 10.4. The van der Waals surface area contributed by atoms with Gasteiger partial charge in [0, 0.05) is 18.2 Å². The Hall–Kier alpha value is -3.30. The molecule has 5 nitrogen and oxygen atoms in total. The lowest BCUT2D eigenvalue weighted by Crippen LogP contribution is -2.40. The molecule has 1 aromatic heterocycles. The number of ketones is 1. The molecule has 6 heteroatoms. The van der Waals surface area contributed by atoms with Gasteiger partial charge in [0.25, 0.3) is 0 Å². The molecule has 0 fully saturated rings. The average Bonchev–Trinajstić information content (AvgIpc) is 3.10. The van der Waals surface area contributed by atoms with Gasteiger partial charge in [-0.25, -0.2) is 9.24 Å². The van der Waals surface area contributed by atoms with Crippen molar-refractivity contribution in [3.05, 3.63) is 83.1 Å². The van der Waals surface area contributed by atoms with Crippen LogP contribution >= 0.6 is 0 Å². The molecule has 0 spiro atoms. The predicted molar refractivity (Wildman–Crippen MR) is 104 cm³/mol. The van der Waals surface area contributed by atoms with Gasteiger partial charge in [0.1, 0.15) is 11.4 Å². The van der Waals surface area contributed by atoms with Gasteiger partial charge in [0.15, 0.2) is 11.5 Å². The fourth-order valence-corrected chi connectivity index (χ4v) is 2.96. The average molecular weight is 377 g/mol. The first-order valence-electron chi connectivity index (χ1n) is 8.80. The van der Waals surface area contributed by atoms with Crippen LogP contribution in [-0.4, -0.2) is 26.3 Å². The normalized spacial score (nSPS) is 13.0. The second-order valence-electron chi connectivity index (χ2n) is 7.01. The summed E-state index contributed by atoms with van der Waals surface area (Å²) in [6, 6.07) is 12.9. The molecule has 1 atom stereocenters. The Balaban J connectivity index is 1.71. The third-order valence-corrected chi connectivity index (χ3v) is 4.60. The highest BCUT2D eigenvalue weighted by molar-refractivity contribution is 5.88. The molecule has 0 aliphatic carbocycles. The summed E-state index contributed by atoms with van der Waals surface area (Å²) in [6.07, 6.45) is 1.74. The molecule has 0 unspecified atom stereocenters. The fraction of sp³-hybridized carbons (Fsp3) is 0.227. The monoisotopic (exact) mass is 377 g/mol. The maximum atomic E-state index is 13.1. The summed E-state index contributed by atoms with van der Waals surface area (Å²) in [7, 11) is 0. The molecule has 0 radical (unpaired) electrons. The number of aryl methyl sites for hydroxylation is 1. The van der Waals surface area contributed by atoms with Gasteiger partial charge in [-0.1, -0.05) is 18.2 Å². The Morgan fingerprint density at radius 3 is 2.61 bits per heavy atom. The van der Waals surface area contributed by atoms with Crippen LogP contribution in [-0.2, 0) is 17.8 Å². The number of halogens is 1. The molecule has 0 saturated carbocycles. The summed E-state index contributed by atoms with van der Waals surface area (Å²) in [5.74, 6) is -0.655. The van der Waals surface area contributed by atoms with Crippen molar-refractivity contribution >= 4 is 11.5 Å². The van der Waals surface area contributed by atoms with Crippen molar-refractivity contribution < 1.29 is 14.3 Å². The smallest absolute Gasteiger partial charge is 0.190 e. The minimum Gasteiger partial charge on any atom is -0.380 e. The second-order valence-corrected chi connectivity index (χ2v) is 7.01. The van der Waals surface area contributed by atoms with Crippen molar-refractivity contribution in [2.24, 2.45) is 0 Å². The number of benzene rings is 2. The van der Waals surface area contributed by atoms with Crippen molar-refractivity contribution in [3.63, 3.8) is 0 Å². The molecule has 0 aliphatic rings. The minimum atomic E-state index is -1.60. The van der Waals surface area contributed by atoms with Gasteiger partial charge in [0.2, 0.25) is 0 Å². The highest BCUT2D eigenvalue weighted by atomic mass is 19.1. The number of aliphatic hydroxyl groups is 1. The van der Waals surface area contributed by atoms with E-state index in [4.69, 9.17) is 6.57 Å². The first kappa shape index (κ1) is 19.5. The zero-order valence-electron chi connectivity index (χ0n) is 15.7. The van der Waals surface area contributed by atoms with E-state index in [1.807, 2.05) is 6.92 Å². The number of hydrogen-bond acceptors (Lipinski definition) is 3. The van der Waals surface area contributed by atoms with Crippen molar-refractivity contribution in [2.75, 3.05) is 0 Å². The Labute approximate surface area is 162 Å². The standard InChI is InChI=1S/C22H20FN3O2/c1-15-12-16(4-9-19(15)24-3)13-21(27)22(2,28)14-26-11-10-20(25-26)17-5-7-18(23)8-6-17/h4-12,28H,13-14H2,1-2H3/t22-/m0/s1. The van der Waals surface area contributed by atoms with Gasteiger partial charge in [0.05, 0.1) is 18.8 Å². The van der Waals surface area contributed by atoms with E-state index in [-0.39, 0.29) is 24.6 Å². The number of Topliss-reactive ketones (excluding diaryl/α,β-unsaturated/α-hetero) is 1. The van der Waals surface area contributed by atoms with Gasteiger partial charge in [-0.2, -0.15) is 5.10 Å². The quantitative estimate of drug-likeness (QED) is 0.658. The lowest BCUT2D eigenvalue weighted by atomic mass is 9.94. The van der Waals surface area contributed by atoms with E-state index in [1.54, 1.807) is 42.6 Å². The minimum absolute atomic E-state index is 0.00610. The zero-order valence-corrected chi connectivity index (χ0v) is 15.7. The lowest BCUT2D eigenvalue weighted by Gasteiger charge is -2.22. The van der Waals surface area contributed by atoms with E-state index in [0.717, 1.165) is 16.7 Å². The van der Waals surface area contributed by atoms with Crippen LogP contribution in [0.1, 0.15) is 18.1 Å². The molecule has 3 aromatic rings. The molecular weight excluding hydrogens is 357 g/mol. The van der Waals surface area contributed by atoms with Crippen molar-refractivity contribution in [3.8, 4) is 11.3 Å². The summed E-state index contributed by atoms with van der Waals surface area (Å²) in [5.41, 5.74) is 1.89. The Kier molecular flexibility index (Phi) is 5.39. The van der Waals surface area contributed by atoms with Crippen LogP contribution in [0.15, 0.2) is 54.7 Å². The SMILES string of the molecule is [C-]#[N+]c1ccc(CC(=O)[C@@](C)(O)Cn2ccc(-c3ccc(F)cc3)n2)cc1C. The number of carbonyl (C=O) groups excluding carboxylic acids is 1. The van der Waals surface area contributed by atoms with E-state index < -0.39 is 5.60 Å². The van der Waals surface area contributed by atoms with Gasteiger partial charge in [-0.15, -0.1) is 0 Å². The molecule has 2 aromatic carbocycles. The first-order valence-corrected chi connectivity index (χ1v) is 8.80. The fourth-order valence-electron chi connectivity index (χ4n) is 2.96. The topological polar surface area (TPSA) is 59.5 Å². The van der Waals surface area contributed by atoms with Crippen LogP contribution < -0.4 is 0 Å². The van der Waals surface area contributed by atoms with Crippen molar-refractivity contribution in [1.29, 1.82) is 0 Å². The third-order valence-electron chi connectivity index (χ3n) is 4.60. The van der Waals surface area contributed by atoms with Crippen LogP contribution in [0.5, 0.6) is 0 Å². The zero-order chi connectivity index (χ0) is 20.3. The number of carbonyl (C=O) groups is 1. The summed E-state index contributed by atoms with van der Waals surface area (Å²) >= 11 is 0. The molecule has 0 bridgehead atoms. The number of rotatable bonds is 6. The predicted octanol–water partition coefficient (Wildman–Crippen LogP) is 4.11. The Morgan fingerprint density at radius 2 is 1.96 bits per heavy atom. The molecule has 3 rings (SSSR count). The second kappa shape index (κ2) is 7.75. The van der Waals surface area contributed by atoms with Crippen LogP contribution in [0.4, 0.5) is 10.1 Å². The van der Waals surface area contributed by atoms with E-state index in [2.05, 4.69) is 9.94 Å². The molecular formula is C22H20FN3O2. The maximum absolute atomic E-state index is 13.1. The van der Waals surface area contributed by atoms with E-state index >= 15 is 0 Å². The summed E-state index contributed by atoms with van der Waals surface area (Å²) in [4.78, 5) is 16.0. The van der Waals surface area contributed by atoms with Crippen LogP contribution in [0.25, 0.3) is 16.1 Å². The van der Waals surface area contributed by atoms with E-state index in [1.165, 1.54) is 23.7 Å². The van der Waals surface area contributed by atoms with Gasteiger partial charge < -0.3 is 5.11 Å². The van der Waals surface area contributed by atoms with E-state index in [9.17, 15) is 14.3 Å². The van der Waals surface area contributed by atoms with Gasteiger partial charge >= 0.3 is 0 Å². The molecule has 142 valence electrons. The Morgan fingerprint density at radius 1 is 1.25 bits per heavy atom. The number of nitrogens with zero attached hydrogens (tertiary/aromatic N) is 3.